The Kier molecular flexibility index (Phi) is 5.93. The number of benzene rings is 2. The molecule has 2 heterocycles. The van der Waals surface area contributed by atoms with E-state index in [4.69, 9.17) is 4.74 Å². The average molecular weight is 421 g/mol. The number of likely N-dealkylation sites (N-methyl/N-ethyl adjacent to an activating group) is 2. The number of para-hydroxylation sites is 2. The number of rotatable bonds is 6. The number of anilines is 1. The Balaban J connectivity index is 1.34. The van der Waals surface area contributed by atoms with E-state index in [-0.39, 0.29) is 43.2 Å². The zero-order valence-corrected chi connectivity index (χ0v) is 17.9. The fraction of sp³-hybridized carbons (Fsp3) is 0.375. The van der Waals surface area contributed by atoms with Gasteiger partial charge in [-0.2, -0.15) is 0 Å². The van der Waals surface area contributed by atoms with Gasteiger partial charge in [-0.3, -0.25) is 19.3 Å². The molecule has 2 aromatic rings. The normalized spacial score (nSPS) is 17.7. The summed E-state index contributed by atoms with van der Waals surface area (Å²) in [6, 6.07) is 15.0. The number of nitrogens with zero attached hydrogens (tertiary/aromatic N) is 3. The van der Waals surface area contributed by atoms with Crippen LogP contribution in [-0.2, 0) is 16.0 Å². The van der Waals surface area contributed by atoms with Gasteiger partial charge in [0.05, 0.1) is 25.2 Å². The predicted molar refractivity (Wildman–Crippen MR) is 117 cm³/mol. The van der Waals surface area contributed by atoms with E-state index in [0.717, 1.165) is 23.5 Å². The third kappa shape index (κ3) is 4.26. The van der Waals surface area contributed by atoms with Crippen LogP contribution in [0.3, 0.4) is 0 Å². The number of hydrogen-bond donors (Lipinski definition) is 0. The van der Waals surface area contributed by atoms with E-state index in [1.807, 2.05) is 30.3 Å². The maximum Gasteiger partial charge on any atom is 0.260 e. The molecular weight excluding hydrogens is 394 g/mol. The monoisotopic (exact) mass is 421 g/mol. The second kappa shape index (κ2) is 8.79. The van der Waals surface area contributed by atoms with Gasteiger partial charge in [-0.25, -0.2) is 0 Å². The second-order valence-corrected chi connectivity index (χ2v) is 7.95. The van der Waals surface area contributed by atoms with Crippen molar-refractivity contribution in [3.8, 4) is 5.75 Å². The summed E-state index contributed by atoms with van der Waals surface area (Å²) in [7, 11) is 1.73. The van der Waals surface area contributed by atoms with Gasteiger partial charge in [0.25, 0.3) is 5.91 Å². The molecule has 1 atom stereocenters. The van der Waals surface area contributed by atoms with Crippen molar-refractivity contribution in [3.05, 3.63) is 59.7 Å². The van der Waals surface area contributed by atoms with Gasteiger partial charge in [0, 0.05) is 32.1 Å². The van der Waals surface area contributed by atoms with Crippen LogP contribution in [-0.4, -0.2) is 66.9 Å². The van der Waals surface area contributed by atoms with Crippen LogP contribution in [0, 0.1) is 0 Å². The lowest BCUT2D eigenvalue weighted by Crippen LogP contribution is -2.48. The molecule has 2 aromatic carbocycles. The van der Waals surface area contributed by atoms with Gasteiger partial charge < -0.3 is 14.5 Å². The Morgan fingerprint density at radius 2 is 1.87 bits per heavy atom. The molecule has 0 saturated heterocycles. The molecule has 0 unspecified atom stereocenters. The highest BCUT2D eigenvalue weighted by molar-refractivity contribution is 6.09. The lowest BCUT2D eigenvalue weighted by atomic mass is 9.98. The summed E-state index contributed by atoms with van der Waals surface area (Å²) in [5, 5.41) is 0. The van der Waals surface area contributed by atoms with Gasteiger partial charge in [-0.15, -0.1) is 0 Å². The van der Waals surface area contributed by atoms with Gasteiger partial charge in [0.15, 0.2) is 0 Å². The molecular formula is C24H27N3O4. The fourth-order valence-electron chi connectivity index (χ4n) is 4.21. The largest absolute Gasteiger partial charge is 0.485 e. The minimum Gasteiger partial charge on any atom is -0.485 e. The Labute approximate surface area is 182 Å². The molecule has 0 saturated carbocycles. The van der Waals surface area contributed by atoms with E-state index in [1.54, 1.807) is 30.1 Å². The molecule has 2 aliphatic heterocycles. The van der Waals surface area contributed by atoms with E-state index >= 15 is 0 Å². The Bertz CT molecular complexity index is 1010. The van der Waals surface area contributed by atoms with Crippen molar-refractivity contribution in [2.24, 2.45) is 0 Å². The number of amides is 3. The summed E-state index contributed by atoms with van der Waals surface area (Å²) in [6.45, 7) is 4.18. The zero-order chi connectivity index (χ0) is 22.0. The second-order valence-electron chi connectivity index (χ2n) is 7.95. The van der Waals surface area contributed by atoms with Crippen molar-refractivity contribution in [2.45, 2.75) is 25.9 Å². The molecule has 0 aromatic heterocycles. The van der Waals surface area contributed by atoms with Crippen molar-refractivity contribution in [3.63, 3.8) is 0 Å². The molecule has 0 aliphatic carbocycles. The van der Waals surface area contributed by atoms with Crippen molar-refractivity contribution in [1.29, 1.82) is 0 Å². The van der Waals surface area contributed by atoms with Crippen LogP contribution >= 0.6 is 0 Å². The van der Waals surface area contributed by atoms with E-state index in [1.165, 1.54) is 4.90 Å². The summed E-state index contributed by atoms with van der Waals surface area (Å²) in [6.07, 6.45) is 0.138. The number of carbonyl (C=O) groups excluding carboxylic acids is 3. The molecule has 7 nitrogen and oxygen atoms in total. The first-order valence-electron chi connectivity index (χ1n) is 10.6. The van der Waals surface area contributed by atoms with Gasteiger partial charge in [0.1, 0.15) is 11.9 Å². The Morgan fingerprint density at radius 1 is 1.13 bits per heavy atom. The van der Waals surface area contributed by atoms with Gasteiger partial charge in [-0.1, -0.05) is 30.3 Å². The molecule has 0 radical (unpaired) electrons. The van der Waals surface area contributed by atoms with Crippen molar-refractivity contribution in [1.82, 2.24) is 9.80 Å². The molecule has 3 amide bonds. The Morgan fingerprint density at radius 3 is 2.68 bits per heavy atom. The topological polar surface area (TPSA) is 70.2 Å². The summed E-state index contributed by atoms with van der Waals surface area (Å²) in [5.41, 5.74) is 2.35. The minimum absolute atomic E-state index is 0.0879. The highest BCUT2D eigenvalue weighted by Gasteiger charge is 2.31. The van der Waals surface area contributed by atoms with Gasteiger partial charge in [0.2, 0.25) is 11.8 Å². The fourth-order valence-corrected chi connectivity index (χ4v) is 4.21. The highest BCUT2D eigenvalue weighted by Crippen LogP contribution is 2.32. The van der Waals surface area contributed by atoms with E-state index < -0.39 is 0 Å². The average Bonchev–Trinajstić information content (AvgIpc) is 2.78. The molecule has 0 spiro atoms. The van der Waals surface area contributed by atoms with Crippen LogP contribution in [0.5, 0.6) is 5.75 Å². The van der Waals surface area contributed by atoms with Crippen molar-refractivity contribution in [2.75, 3.05) is 38.1 Å². The summed E-state index contributed by atoms with van der Waals surface area (Å²) in [4.78, 5) is 42.9. The third-order valence-corrected chi connectivity index (χ3v) is 5.89. The third-order valence-electron chi connectivity index (χ3n) is 5.89. The van der Waals surface area contributed by atoms with E-state index in [0.29, 0.717) is 18.7 Å². The molecule has 162 valence electrons. The highest BCUT2D eigenvalue weighted by atomic mass is 16.5. The molecule has 0 bridgehead atoms. The maximum absolute atomic E-state index is 12.7. The molecule has 7 heteroatoms. The minimum atomic E-state index is -0.326. The van der Waals surface area contributed by atoms with Crippen LogP contribution in [0.4, 0.5) is 5.69 Å². The quantitative estimate of drug-likeness (QED) is 0.670. The first kappa shape index (κ1) is 20.9. The van der Waals surface area contributed by atoms with Crippen LogP contribution in [0.1, 0.15) is 29.3 Å². The standard InChI is InChI=1S/C24H27N3O4/c1-3-26-16-18(31-21-11-7-6-10-20(21)26)15-25(2)22(28)12-13-27-23(29)14-17-8-4-5-9-19(17)24(27)30/h4-11,18H,3,12-16H2,1-2H3/t18-/m0/s1. The smallest absolute Gasteiger partial charge is 0.260 e. The molecule has 4 rings (SSSR count). The van der Waals surface area contributed by atoms with Crippen LogP contribution in [0.25, 0.3) is 0 Å². The number of hydrogen-bond acceptors (Lipinski definition) is 5. The maximum atomic E-state index is 12.7. The number of carbonyl (C=O) groups is 3. The zero-order valence-electron chi connectivity index (χ0n) is 17.9. The van der Waals surface area contributed by atoms with Crippen LogP contribution in [0.15, 0.2) is 48.5 Å². The van der Waals surface area contributed by atoms with Crippen LogP contribution < -0.4 is 9.64 Å². The molecule has 2 aliphatic rings. The van der Waals surface area contributed by atoms with E-state index in [2.05, 4.69) is 11.8 Å². The summed E-state index contributed by atoms with van der Waals surface area (Å²) < 4.78 is 6.10. The number of imide groups is 1. The number of ether oxygens (including phenoxy) is 1. The van der Waals surface area contributed by atoms with Crippen LogP contribution in [0.2, 0.25) is 0 Å². The SMILES string of the molecule is CCN1C[C@H](CN(C)C(=O)CCN2C(=O)Cc3ccccc3C2=O)Oc2ccccc21. The Hall–Kier alpha value is -3.35. The predicted octanol–water partition coefficient (Wildman–Crippen LogP) is 2.35. The lowest BCUT2D eigenvalue weighted by Gasteiger charge is -2.37. The van der Waals surface area contributed by atoms with Crippen molar-refractivity contribution >= 4 is 23.4 Å². The molecule has 31 heavy (non-hydrogen) atoms. The lowest BCUT2D eigenvalue weighted by molar-refractivity contribution is -0.132. The first-order valence-corrected chi connectivity index (χ1v) is 10.6. The first-order chi connectivity index (χ1) is 15.0. The number of fused-ring (bicyclic) bond motifs is 2. The van der Waals surface area contributed by atoms with Crippen molar-refractivity contribution < 1.29 is 19.1 Å². The summed E-state index contributed by atoms with van der Waals surface area (Å²) in [5.74, 6) is 0.118. The molecule has 0 N–H and O–H groups in total. The van der Waals surface area contributed by atoms with E-state index in [9.17, 15) is 14.4 Å². The van der Waals surface area contributed by atoms with Gasteiger partial charge in [-0.05, 0) is 30.7 Å². The summed E-state index contributed by atoms with van der Waals surface area (Å²) >= 11 is 0. The molecule has 0 fully saturated rings. The van der Waals surface area contributed by atoms with Gasteiger partial charge >= 0.3 is 0 Å².